The number of carbonyl (C=O) groups excluding carboxylic acids is 1. The van der Waals surface area contributed by atoms with Gasteiger partial charge in [-0.2, -0.15) is 4.31 Å². The van der Waals surface area contributed by atoms with Gasteiger partial charge in [0.05, 0.1) is 5.75 Å². The normalized spacial score (nSPS) is 17.0. The number of nitrogens with zero attached hydrogens (tertiary/aromatic N) is 2. The lowest BCUT2D eigenvalue weighted by Crippen LogP contribution is -2.50. The van der Waals surface area contributed by atoms with Crippen molar-refractivity contribution in [1.29, 1.82) is 0 Å². The summed E-state index contributed by atoms with van der Waals surface area (Å²) in [4.78, 5) is 14.1. The Morgan fingerprint density at radius 1 is 0.966 bits per heavy atom. The van der Waals surface area contributed by atoms with Crippen molar-refractivity contribution < 1.29 is 22.7 Å². The summed E-state index contributed by atoms with van der Waals surface area (Å²) < 4.78 is 37.3. The summed E-state index contributed by atoms with van der Waals surface area (Å²) in [6, 6.07) is 14.6. The van der Waals surface area contributed by atoms with Crippen LogP contribution in [0, 0.1) is 0 Å². The maximum atomic E-state index is 12.6. The van der Waals surface area contributed by atoms with Gasteiger partial charge in [0.2, 0.25) is 22.7 Å². The van der Waals surface area contributed by atoms with E-state index in [1.807, 2.05) is 36.4 Å². The number of sulfonamides is 1. The summed E-state index contributed by atoms with van der Waals surface area (Å²) in [6.07, 6.45) is 3.23. The molecule has 152 valence electrons. The highest BCUT2D eigenvalue weighted by molar-refractivity contribution is 7.88. The van der Waals surface area contributed by atoms with Crippen LogP contribution in [0.5, 0.6) is 11.5 Å². The Labute approximate surface area is 170 Å². The first-order chi connectivity index (χ1) is 14.0. The van der Waals surface area contributed by atoms with Crippen LogP contribution < -0.4 is 9.47 Å². The van der Waals surface area contributed by atoms with E-state index in [1.54, 1.807) is 23.1 Å². The molecule has 0 saturated carbocycles. The lowest BCUT2D eigenvalue weighted by molar-refractivity contribution is -0.127. The third-order valence-electron chi connectivity index (χ3n) is 4.95. The van der Waals surface area contributed by atoms with Crippen molar-refractivity contribution in [3.8, 4) is 11.5 Å². The van der Waals surface area contributed by atoms with Crippen molar-refractivity contribution in [3.05, 3.63) is 65.7 Å². The average Bonchev–Trinajstić information content (AvgIpc) is 3.20. The van der Waals surface area contributed by atoms with E-state index in [2.05, 4.69) is 0 Å². The first-order valence-corrected chi connectivity index (χ1v) is 11.0. The molecule has 7 nitrogen and oxygen atoms in total. The molecule has 2 heterocycles. The van der Waals surface area contributed by atoms with E-state index < -0.39 is 10.0 Å². The maximum absolute atomic E-state index is 12.6. The third kappa shape index (κ3) is 4.60. The van der Waals surface area contributed by atoms with Crippen LogP contribution in [-0.2, 0) is 20.6 Å². The van der Waals surface area contributed by atoms with Crippen molar-refractivity contribution in [3.63, 3.8) is 0 Å². The summed E-state index contributed by atoms with van der Waals surface area (Å²) in [5.74, 6) is 1.20. The van der Waals surface area contributed by atoms with Gasteiger partial charge < -0.3 is 14.4 Å². The van der Waals surface area contributed by atoms with Crippen LogP contribution in [0.1, 0.15) is 11.1 Å². The van der Waals surface area contributed by atoms with E-state index in [-0.39, 0.29) is 18.5 Å². The molecule has 0 N–H and O–H groups in total. The summed E-state index contributed by atoms with van der Waals surface area (Å²) in [5, 5.41) is 0. The second-order valence-corrected chi connectivity index (χ2v) is 8.88. The van der Waals surface area contributed by atoms with Crippen LogP contribution in [-0.4, -0.2) is 56.5 Å². The third-order valence-corrected chi connectivity index (χ3v) is 6.80. The van der Waals surface area contributed by atoms with Crippen LogP contribution in [0.3, 0.4) is 0 Å². The zero-order chi connectivity index (χ0) is 20.3. The van der Waals surface area contributed by atoms with E-state index in [0.717, 1.165) is 11.1 Å². The fourth-order valence-corrected chi connectivity index (χ4v) is 4.87. The van der Waals surface area contributed by atoms with E-state index in [4.69, 9.17) is 9.47 Å². The van der Waals surface area contributed by atoms with E-state index in [0.29, 0.717) is 37.7 Å². The van der Waals surface area contributed by atoms with Gasteiger partial charge in [-0.05, 0) is 29.3 Å². The minimum atomic E-state index is -3.40. The molecule has 2 aromatic rings. The highest BCUT2D eigenvalue weighted by Crippen LogP contribution is 2.32. The Balaban J connectivity index is 1.32. The molecule has 0 unspecified atom stereocenters. The Morgan fingerprint density at radius 3 is 2.45 bits per heavy atom. The lowest BCUT2D eigenvalue weighted by Gasteiger charge is -2.33. The van der Waals surface area contributed by atoms with Crippen molar-refractivity contribution in [1.82, 2.24) is 9.21 Å². The molecule has 0 aliphatic carbocycles. The molecular formula is C21H22N2O5S. The molecule has 0 bridgehead atoms. The van der Waals surface area contributed by atoms with Gasteiger partial charge in [0.1, 0.15) is 0 Å². The SMILES string of the molecule is O=C(/C=C/c1ccc2c(c1)OCO2)N1CCN(S(=O)(=O)Cc2ccccc2)CC1. The van der Waals surface area contributed by atoms with Crippen LogP contribution in [0.4, 0.5) is 0 Å². The predicted octanol–water partition coefficient (Wildman–Crippen LogP) is 2.10. The van der Waals surface area contributed by atoms with E-state index in [9.17, 15) is 13.2 Å². The van der Waals surface area contributed by atoms with Gasteiger partial charge in [-0.25, -0.2) is 8.42 Å². The Morgan fingerprint density at radius 2 is 1.69 bits per heavy atom. The molecule has 2 aliphatic heterocycles. The van der Waals surface area contributed by atoms with Gasteiger partial charge in [-0.1, -0.05) is 36.4 Å². The molecule has 0 spiro atoms. The molecule has 8 heteroatoms. The predicted molar refractivity (Wildman–Crippen MR) is 109 cm³/mol. The zero-order valence-corrected chi connectivity index (χ0v) is 16.7. The Bertz CT molecular complexity index is 1010. The summed E-state index contributed by atoms with van der Waals surface area (Å²) in [7, 11) is -3.40. The monoisotopic (exact) mass is 414 g/mol. The first kappa shape index (κ1) is 19.5. The molecular weight excluding hydrogens is 392 g/mol. The number of amides is 1. The zero-order valence-electron chi connectivity index (χ0n) is 15.9. The van der Waals surface area contributed by atoms with E-state index >= 15 is 0 Å². The quantitative estimate of drug-likeness (QED) is 0.701. The van der Waals surface area contributed by atoms with Gasteiger partial charge >= 0.3 is 0 Å². The highest BCUT2D eigenvalue weighted by Gasteiger charge is 2.28. The molecule has 4 rings (SSSR count). The smallest absolute Gasteiger partial charge is 0.246 e. The van der Waals surface area contributed by atoms with Crippen LogP contribution in [0.2, 0.25) is 0 Å². The van der Waals surface area contributed by atoms with Gasteiger partial charge in [-0.15, -0.1) is 0 Å². The second kappa shape index (κ2) is 8.26. The molecule has 0 aromatic heterocycles. The molecule has 1 amide bonds. The van der Waals surface area contributed by atoms with Crippen LogP contribution in [0.25, 0.3) is 6.08 Å². The highest BCUT2D eigenvalue weighted by atomic mass is 32.2. The molecule has 2 aliphatic rings. The Kier molecular flexibility index (Phi) is 5.55. The number of rotatable bonds is 5. The molecule has 0 radical (unpaired) electrons. The molecule has 0 atom stereocenters. The van der Waals surface area contributed by atoms with Crippen molar-refractivity contribution in [2.45, 2.75) is 5.75 Å². The van der Waals surface area contributed by atoms with E-state index in [1.165, 1.54) is 10.4 Å². The molecule has 29 heavy (non-hydrogen) atoms. The fraction of sp³-hybridized carbons (Fsp3) is 0.286. The summed E-state index contributed by atoms with van der Waals surface area (Å²) in [5.41, 5.74) is 1.60. The number of fused-ring (bicyclic) bond motifs is 1. The average molecular weight is 414 g/mol. The topological polar surface area (TPSA) is 76.2 Å². The number of piperazine rings is 1. The van der Waals surface area contributed by atoms with Gasteiger partial charge in [-0.3, -0.25) is 4.79 Å². The van der Waals surface area contributed by atoms with Crippen molar-refractivity contribution >= 4 is 22.0 Å². The lowest BCUT2D eigenvalue weighted by atomic mass is 10.2. The number of hydrogen-bond donors (Lipinski definition) is 0. The summed E-state index contributed by atoms with van der Waals surface area (Å²) >= 11 is 0. The van der Waals surface area contributed by atoms with Crippen molar-refractivity contribution in [2.24, 2.45) is 0 Å². The Hall–Kier alpha value is -2.84. The number of benzene rings is 2. The van der Waals surface area contributed by atoms with Crippen LogP contribution in [0.15, 0.2) is 54.6 Å². The number of hydrogen-bond acceptors (Lipinski definition) is 5. The minimum Gasteiger partial charge on any atom is -0.454 e. The molecule has 1 fully saturated rings. The fourth-order valence-electron chi connectivity index (χ4n) is 3.35. The van der Waals surface area contributed by atoms with Gasteiger partial charge in [0.15, 0.2) is 11.5 Å². The van der Waals surface area contributed by atoms with Gasteiger partial charge in [0, 0.05) is 32.3 Å². The van der Waals surface area contributed by atoms with Crippen LogP contribution >= 0.6 is 0 Å². The molecule has 1 saturated heterocycles. The first-order valence-electron chi connectivity index (χ1n) is 9.40. The largest absolute Gasteiger partial charge is 0.454 e. The molecule has 2 aromatic carbocycles. The number of carbonyl (C=O) groups is 1. The van der Waals surface area contributed by atoms with Crippen molar-refractivity contribution in [2.75, 3.05) is 33.0 Å². The van der Waals surface area contributed by atoms with Gasteiger partial charge in [0.25, 0.3) is 0 Å². The second-order valence-electron chi connectivity index (χ2n) is 6.91. The standard InChI is InChI=1S/C21H22N2O5S/c24-21(9-7-17-6-8-19-20(14-17)28-16-27-19)22-10-12-23(13-11-22)29(25,26)15-18-4-2-1-3-5-18/h1-9,14H,10-13,15-16H2/b9-7+. The minimum absolute atomic E-state index is 0.0220. The summed E-state index contributed by atoms with van der Waals surface area (Å²) in [6.45, 7) is 1.56. The number of ether oxygens (including phenoxy) is 2. The maximum Gasteiger partial charge on any atom is 0.246 e.